The fraction of sp³-hybridized carbons (Fsp3) is 0.444. The third kappa shape index (κ3) is 4.61. The van der Waals surface area contributed by atoms with Crippen LogP contribution in [-0.4, -0.2) is 61.6 Å². The Morgan fingerprint density at radius 2 is 2.12 bits per heavy atom. The van der Waals surface area contributed by atoms with Crippen LogP contribution in [-0.2, 0) is 9.53 Å². The van der Waals surface area contributed by atoms with Crippen LogP contribution in [0, 0.1) is 0 Å². The minimum Gasteiger partial charge on any atom is -0.496 e. The first kappa shape index (κ1) is 18.4. The monoisotopic (exact) mass is 379 g/mol. The summed E-state index contributed by atoms with van der Waals surface area (Å²) in [6.45, 7) is 5.48. The van der Waals surface area contributed by atoms with Gasteiger partial charge in [0.25, 0.3) is 5.91 Å². The van der Waals surface area contributed by atoms with Crippen LogP contribution in [0.2, 0.25) is 0 Å². The number of methoxy groups -OCH3 is 1. The second kappa shape index (κ2) is 8.80. The van der Waals surface area contributed by atoms with Crippen molar-refractivity contribution in [3.63, 3.8) is 0 Å². The number of hydrogen-bond donors (Lipinski definition) is 1. The molecule has 1 amide bonds. The Labute approximate surface area is 157 Å². The zero-order chi connectivity index (χ0) is 17.6. The van der Waals surface area contributed by atoms with Gasteiger partial charge in [0.2, 0.25) is 0 Å². The van der Waals surface area contributed by atoms with Crippen molar-refractivity contribution in [2.24, 2.45) is 0 Å². The van der Waals surface area contributed by atoms with Gasteiger partial charge in [-0.1, -0.05) is 42.2 Å². The molecule has 0 unspecified atom stereocenters. The van der Waals surface area contributed by atoms with Gasteiger partial charge in [0.15, 0.2) is 0 Å². The molecule has 0 bridgehead atoms. The van der Waals surface area contributed by atoms with Gasteiger partial charge in [0.05, 0.1) is 31.8 Å². The fourth-order valence-electron chi connectivity index (χ4n) is 3.02. The zero-order valence-corrected chi connectivity index (χ0v) is 16.0. The Balaban J connectivity index is 1.60. The SMILES string of the molecule is COc1ccccc1/C=C1\SC(=S)N(CCC[NH+]2CCOCC2)C1=O. The Morgan fingerprint density at radius 3 is 2.88 bits per heavy atom. The number of nitrogens with one attached hydrogen (secondary N) is 1. The van der Waals surface area contributed by atoms with E-state index in [2.05, 4.69) is 0 Å². The first-order chi connectivity index (χ1) is 12.2. The van der Waals surface area contributed by atoms with E-state index in [0.29, 0.717) is 15.8 Å². The normalized spacial score (nSPS) is 20.5. The number of benzene rings is 1. The molecule has 1 aromatic carbocycles. The number of carbonyl (C=O) groups is 1. The number of ether oxygens (including phenoxy) is 2. The summed E-state index contributed by atoms with van der Waals surface area (Å²) < 4.78 is 11.4. The lowest BCUT2D eigenvalue weighted by molar-refractivity contribution is -0.908. The topological polar surface area (TPSA) is 43.2 Å². The number of hydrogen-bond acceptors (Lipinski definition) is 5. The molecule has 0 spiro atoms. The van der Waals surface area contributed by atoms with E-state index in [1.54, 1.807) is 16.9 Å². The van der Waals surface area contributed by atoms with Crippen LogP contribution in [0.3, 0.4) is 0 Å². The van der Waals surface area contributed by atoms with Gasteiger partial charge in [-0.2, -0.15) is 0 Å². The van der Waals surface area contributed by atoms with E-state index in [4.69, 9.17) is 21.7 Å². The van der Waals surface area contributed by atoms with Gasteiger partial charge in [0.1, 0.15) is 23.2 Å². The highest BCUT2D eigenvalue weighted by Gasteiger charge is 2.32. The molecule has 0 radical (unpaired) electrons. The Kier molecular flexibility index (Phi) is 6.47. The molecule has 2 heterocycles. The molecule has 2 aliphatic heterocycles. The summed E-state index contributed by atoms with van der Waals surface area (Å²) >= 11 is 6.78. The van der Waals surface area contributed by atoms with E-state index < -0.39 is 0 Å². The second-order valence-electron chi connectivity index (χ2n) is 6.04. The fourth-order valence-corrected chi connectivity index (χ4v) is 4.32. The van der Waals surface area contributed by atoms with Crippen molar-refractivity contribution in [2.45, 2.75) is 6.42 Å². The van der Waals surface area contributed by atoms with Crippen LogP contribution in [0.1, 0.15) is 12.0 Å². The number of para-hydroxylation sites is 1. The number of thiocarbonyl (C=S) groups is 1. The van der Waals surface area contributed by atoms with Crippen LogP contribution >= 0.6 is 24.0 Å². The maximum atomic E-state index is 12.7. The van der Waals surface area contributed by atoms with Gasteiger partial charge in [0, 0.05) is 18.5 Å². The van der Waals surface area contributed by atoms with Crippen molar-refractivity contribution in [1.82, 2.24) is 4.90 Å². The van der Waals surface area contributed by atoms with Gasteiger partial charge in [-0.15, -0.1) is 0 Å². The highest BCUT2D eigenvalue weighted by Crippen LogP contribution is 2.34. The third-order valence-electron chi connectivity index (χ3n) is 4.41. The summed E-state index contributed by atoms with van der Waals surface area (Å²) in [6, 6.07) is 7.67. The largest absolute Gasteiger partial charge is 0.496 e. The number of thioether (sulfide) groups is 1. The van der Waals surface area contributed by atoms with Crippen molar-refractivity contribution in [1.29, 1.82) is 0 Å². The standard InChI is InChI=1S/C18H22N2O3S2/c1-22-15-6-3-2-5-14(15)13-16-17(21)20(18(24)25-16)8-4-7-19-9-11-23-12-10-19/h2-3,5-6,13H,4,7-12H2,1H3/p+1/b16-13-. The lowest BCUT2D eigenvalue weighted by atomic mass is 10.2. The highest BCUT2D eigenvalue weighted by molar-refractivity contribution is 8.26. The predicted octanol–water partition coefficient (Wildman–Crippen LogP) is 1.20. The number of carbonyl (C=O) groups excluding carboxylic acids is 1. The van der Waals surface area contributed by atoms with Gasteiger partial charge in [-0.05, 0) is 12.1 Å². The van der Waals surface area contributed by atoms with E-state index in [-0.39, 0.29) is 5.91 Å². The summed E-state index contributed by atoms with van der Waals surface area (Å²) in [4.78, 5) is 16.6. The van der Waals surface area contributed by atoms with Gasteiger partial charge in [-0.25, -0.2) is 0 Å². The minimum absolute atomic E-state index is 0.00196. The van der Waals surface area contributed by atoms with Crippen molar-refractivity contribution in [3.8, 4) is 5.75 Å². The molecule has 0 atom stereocenters. The smallest absolute Gasteiger partial charge is 0.266 e. The maximum Gasteiger partial charge on any atom is 0.266 e. The molecule has 5 nitrogen and oxygen atoms in total. The van der Waals surface area contributed by atoms with Crippen LogP contribution in [0.25, 0.3) is 6.08 Å². The quantitative estimate of drug-likeness (QED) is 0.594. The zero-order valence-electron chi connectivity index (χ0n) is 14.3. The number of nitrogens with zero attached hydrogens (tertiary/aromatic N) is 1. The van der Waals surface area contributed by atoms with Gasteiger partial charge >= 0.3 is 0 Å². The highest BCUT2D eigenvalue weighted by atomic mass is 32.2. The number of rotatable bonds is 6. The molecular formula is C18H23N2O3S2+. The molecule has 2 fully saturated rings. The summed E-state index contributed by atoms with van der Waals surface area (Å²) in [5.74, 6) is 0.751. The van der Waals surface area contributed by atoms with Crippen molar-refractivity contribution < 1.29 is 19.2 Å². The molecule has 1 N–H and O–H groups in total. The van der Waals surface area contributed by atoms with Crippen LogP contribution in [0.15, 0.2) is 29.2 Å². The molecule has 134 valence electrons. The average molecular weight is 380 g/mol. The first-order valence-corrected chi connectivity index (χ1v) is 9.71. The van der Waals surface area contributed by atoms with E-state index >= 15 is 0 Å². The van der Waals surface area contributed by atoms with Crippen molar-refractivity contribution in [2.75, 3.05) is 46.5 Å². The molecule has 25 heavy (non-hydrogen) atoms. The van der Waals surface area contributed by atoms with Crippen LogP contribution < -0.4 is 9.64 Å². The predicted molar refractivity (Wildman–Crippen MR) is 104 cm³/mol. The maximum absolute atomic E-state index is 12.7. The number of quaternary nitrogens is 1. The number of morpholine rings is 1. The third-order valence-corrected chi connectivity index (χ3v) is 5.79. The summed E-state index contributed by atoms with van der Waals surface area (Å²) in [5, 5.41) is 0. The Bertz CT molecular complexity index is 672. The van der Waals surface area contributed by atoms with Gasteiger partial charge < -0.3 is 14.4 Å². The minimum atomic E-state index is -0.00196. The molecule has 0 aromatic heterocycles. The molecule has 0 saturated carbocycles. The van der Waals surface area contributed by atoms with Crippen LogP contribution in [0.5, 0.6) is 5.75 Å². The lowest BCUT2D eigenvalue weighted by Gasteiger charge is -2.24. The van der Waals surface area contributed by atoms with E-state index in [9.17, 15) is 4.79 Å². The summed E-state index contributed by atoms with van der Waals surface area (Å²) in [7, 11) is 1.63. The molecule has 3 rings (SSSR count). The molecule has 0 aliphatic carbocycles. The first-order valence-electron chi connectivity index (χ1n) is 8.49. The van der Waals surface area contributed by atoms with Crippen LogP contribution in [0.4, 0.5) is 0 Å². The second-order valence-corrected chi connectivity index (χ2v) is 7.72. The molecular weight excluding hydrogens is 356 g/mol. The van der Waals surface area contributed by atoms with Crippen molar-refractivity contribution in [3.05, 3.63) is 34.7 Å². The Hall–Kier alpha value is -1.41. The van der Waals surface area contributed by atoms with E-state index in [0.717, 1.165) is 50.6 Å². The Morgan fingerprint density at radius 1 is 1.36 bits per heavy atom. The number of amides is 1. The molecule has 1 aromatic rings. The molecule has 7 heteroatoms. The van der Waals surface area contributed by atoms with Gasteiger partial charge in [-0.3, -0.25) is 9.69 Å². The van der Waals surface area contributed by atoms with Crippen molar-refractivity contribution >= 4 is 40.3 Å². The molecule has 2 aliphatic rings. The summed E-state index contributed by atoms with van der Waals surface area (Å²) in [5.41, 5.74) is 0.892. The summed E-state index contributed by atoms with van der Waals surface area (Å²) in [6.07, 6.45) is 2.81. The van der Waals surface area contributed by atoms with E-state index in [1.165, 1.54) is 11.8 Å². The lowest BCUT2D eigenvalue weighted by Crippen LogP contribution is -3.14. The average Bonchev–Trinajstić information content (AvgIpc) is 2.90. The molecule has 2 saturated heterocycles. The van der Waals surface area contributed by atoms with E-state index in [1.807, 2.05) is 30.3 Å².